The molecule has 3 N–H and O–H groups in total. The van der Waals surface area contributed by atoms with Crippen LogP contribution in [0.1, 0.15) is 10.5 Å². The molecule has 1 aromatic heterocycles. The zero-order valence-electron chi connectivity index (χ0n) is 9.34. The Morgan fingerprint density at radius 3 is 2.78 bits per heavy atom. The van der Waals surface area contributed by atoms with Crippen LogP contribution < -0.4 is 16.0 Å². The van der Waals surface area contributed by atoms with E-state index in [2.05, 4.69) is 5.10 Å². The van der Waals surface area contributed by atoms with E-state index in [1.807, 2.05) is 5.43 Å². The van der Waals surface area contributed by atoms with Gasteiger partial charge in [-0.2, -0.15) is 5.10 Å². The number of aromatic nitrogens is 2. The number of nitrogens with zero attached hydrogens (tertiary/aromatic N) is 2. The number of ether oxygens (including phenoxy) is 1. The minimum Gasteiger partial charge on any atom is -0.471 e. The predicted molar refractivity (Wildman–Crippen MR) is 66.0 cm³/mol. The zero-order valence-corrected chi connectivity index (χ0v) is 10.1. The Morgan fingerprint density at radius 1 is 1.39 bits per heavy atom. The monoisotopic (exact) mass is 266 g/mol. The first kappa shape index (κ1) is 12.4. The van der Waals surface area contributed by atoms with Crippen LogP contribution in [0, 0.1) is 0 Å². The molecule has 2 rings (SSSR count). The highest BCUT2D eigenvalue weighted by molar-refractivity contribution is 6.30. The van der Waals surface area contributed by atoms with Crippen molar-refractivity contribution in [1.29, 1.82) is 0 Å². The molecule has 0 spiro atoms. The molecular formula is C11H11ClN4O2. The topological polar surface area (TPSA) is 82.2 Å². The number of hydrogen-bond donors (Lipinski definition) is 2. The molecule has 0 aliphatic rings. The van der Waals surface area contributed by atoms with Gasteiger partial charge in [0.15, 0.2) is 12.4 Å². The average Bonchev–Trinajstić information content (AvgIpc) is 2.86. The third-order valence-electron chi connectivity index (χ3n) is 2.18. The van der Waals surface area contributed by atoms with Gasteiger partial charge in [0, 0.05) is 11.2 Å². The van der Waals surface area contributed by atoms with Gasteiger partial charge in [-0.1, -0.05) is 11.6 Å². The van der Waals surface area contributed by atoms with Crippen LogP contribution in [0.4, 0.5) is 0 Å². The lowest BCUT2D eigenvalue weighted by atomic mass is 10.3. The zero-order chi connectivity index (χ0) is 13.0. The molecule has 0 saturated heterocycles. The lowest BCUT2D eigenvalue weighted by Crippen LogP contribution is -2.30. The van der Waals surface area contributed by atoms with Gasteiger partial charge in [-0.05, 0) is 30.3 Å². The number of hydrogen-bond acceptors (Lipinski definition) is 4. The Kier molecular flexibility index (Phi) is 3.81. The molecule has 2 aromatic rings. The number of amides is 1. The summed E-state index contributed by atoms with van der Waals surface area (Å²) in [5.41, 5.74) is 2.24. The molecular weight excluding hydrogens is 256 g/mol. The number of halogens is 1. The molecule has 0 bridgehead atoms. The van der Waals surface area contributed by atoms with Crippen LogP contribution in [0.5, 0.6) is 5.75 Å². The quantitative estimate of drug-likeness (QED) is 0.495. The summed E-state index contributed by atoms with van der Waals surface area (Å²) >= 11 is 5.75. The van der Waals surface area contributed by atoms with Crippen LogP contribution in [-0.4, -0.2) is 15.7 Å². The van der Waals surface area contributed by atoms with E-state index in [1.54, 1.807) is 36.5 Å². The number of hydrazine groups is 1. The Labute approximate surface area is 108 Å². The molecule has 0 radical (unpaired) electrons. The molecule has 1 aromatic carbocycles. The van der Waals surface area contributed by atoms with Crippen LogP contribution in [-0.2, 0) is 6.73 Å². The van der Waals surface area contributed by atoms with Crippen molar-refractivity contribution in [3.63, 3.8) is 0 Å². The second-order valence-corrected chi connectivity index (χ2v) is 3.88. The first-order chi connectivity index (χ1) is 8.69. The third kappa shape index (κ3) is 2.99. The first-order valence-electron chi connectivity index (χ1n) is 5.12. The molecule has 94 valence electrons. The van der Waals surface area contributed by atoms with E-state index in [9.17, 15) is 4.79 Å². The molecule has 1 heterocycles. The highest BCUT2D eigenvalue weighted by Crippen LogP contribution is 2.15. The molecule has 0 fully saturated rings. The minimum absolute atomic E-state index is 0.194. The van der Waals surface area contributed by atoms with Crippen molar-refractivity contribution < 1.29 is 9.53 Å². The van der Waals surface area contributed by atoms with E-state index in [-0.39, 0.29) is 12.4 Å². The molecule has 18 heavy (non-hydrogen) atoms. The standard InChI is InChI=1S/C11H11ClN4O2/c12-8-1-3-9(4-2-8)18-7-16-6-5-10(15-16)11(17)14-13/h1-6H,7,13H2,(H,14,17). The van der Waals surface area contributed by atoms with Gasteiger partial charge < -0.3 is 4.74 Å². The first-order valence-corrected chi connectivity index (χ1v) is 5.49. The van der Waals surface area contributed by atoms with Crippen LogP contribution >= 0.6 is 11.6 Å². The lowest BCUT2D eigenvalue weighted by Gasteiger charge is -2.05. The molecule has 0 aliphatic heterocycles. The van der Waals surface area contributed by atoms with Gasteiger partial charge >= 0.3 is 0 Å². The normalized spacial score (nSPS) is 10.1. The largest absolute Gasteiger partial charge is 0.471 e. The Morgan fingerprint density at radius 2 is 2.11 bits per heavy atom. The number of carbonyl (C=O) groups is 1. The average molecular weight is 267 g/mol. The van der Waals surface area contributed by atoms with Crippen molar-refractivity contribution in [1.82, 2.24) is 15.2 Å². The fourth-order valence-corrected chi connectivity index (χ4v) is 1.43. The van der Waals surface area contributed by atoms with Gasteiger partial charge in [-0.25, -0.2) is 10.5 Å². The summed E-state index contributed by atoms with van der Waals surface area (Å²) in [6.45, 7) is 0.194. The predicted octanol–water partition coefficient (Wildman–Crippen LogP) is 1.18. The lowest BCUT2D eigenvalue weighted by molar-refractivity contribution is 0.0946. The maximum atomic E-state index is 11.2. The summed E-state index contributed by atoms with van der Waals surface area (Å²) in [5, 5.41) is 4.63. The Balaban J connectivity index is 1.96. The van der Waals surface area contributed by atoms with Crippen molar-refractivity contribution in [2.24, 2.45) is 5.84 Å². The van der Waals surface area contributed by atoms with Gasteiger partial charge in [0.2, 0.25) is 0 Å². The molecule has 0 unspecified atom stereocenters. The molecule has 6 nitrogen and oxygen atoms in total. The molecule has 0 aliphatic carbocycles. The van der Waals surface area contributed by atoms with E-state index in [0.717, 1.165) is 0 Å². The fourth-order valence-electron chi connectivity index (χ4n) is 1.30. The van der Waals surface area contributed by atoms with E-state index in [4.69, 9.17) is 22.2 Å². The van der Waals surface area contributed by atoms with Gasteiger partial charge in [0.25, 0.3) is 5.91 Å². The van der Waals surface area contributed by atoms with Crippen molar-refractivity contribution >= 4 is 17.5 Å². The van der Waals surface area contributed by atoms with Crippen molar-refractivity contribution in [2.45, 2.75) is 6.73 Å². The summed E-state index contributed by atoms with van der Waals surface area (Å²) in [4.78, 5) is 11.2. The number of nitrogens with two attached hydrogens (primary N) is 1. The van der Waals surface area contributed by atoms with Crippen molar-refractivity contribution in [2.75, 3.05) is 0 Å². The van der Waals surface area contributed by atoms with Crippen LogP contribution in [0.25, 0.3) is 0 Å². The SMILES string of the molecule is NNC(=O)c1ccn(COc2ccc(Cl)cc2)n1. The van der Waals surface area contributed by atoms with Crippen LogP contribution in [0.2, 0.25) is 5.02 Å². The van der Waals surface area contributed by atoms with Crippen LogP contribution in [0.15, 0.2) is 36.5 Å². The van der Waals surface area contributed by atoms with Gasteiger partial charge in [-0.3, -0.25) is 10.2 Å². The van der Waals surface area contributed by atoms with Crippen molar-refractivity contribution in [3.8, 4) is 5.75 Å². The summed E-state index contributed by atoms with van der Waals surface area (Å²) in [6.07, 6.45) is 1.63. The molecule has 0 atom stereocenters. The van der Waals surface area contributed by atoms with E-state index < -0.39 is 5.91 Å². The summed E-state index contributed by atoms with van der Waals surface area (Å²) in [6, 6.07) is 8.51. The number of nitrogen functional groups attached to an aromatic ring is 1. The van der Waals surface area contributed by atoms with E-state index in [1.165, 1.54) is 4.68 Å². The number of benzene rings is 1. The number of carbonyl (C=O) groups excluding carboxylic acids is 1. The summed E-state index contributed by atoms with van der Waals surface area (Å²) in [7, 11) is 0. The van der Waals surface area contributed by atoms with E-state index in [0.29, 0.717) is 10.8 Å². The fraction of sp³-hybridized carbons (Fsp3) is 0.0909. The van der Waals surface area contributed by atoms with Crippen molar-refractivity contribution in [3.05, 3.63) is 47.2 Å². The van der Waals surface area contributed by atoms with Gasteiger partial charge in [0.05, 0.1) is 0 Å². The van der Waals surface area contributed by atoms with Gasteiger partial charge in [0.1, 0.15) is 5.75 Å². The summed E-state index contributed by atoms with van der Waals surface area (Å²) < 4.78 is 6.94. The minimum atomic E-state index is -0.444. The van der Waals surface area contributed by atoms with Crippen LogP contribution in [0.3, 0.4) is 0 Å². The maximum Gasteiger partial charge on any atom is 0.285 e. The Bertz CT molecular complexity index is 538. The summed E-state index contributed by atoms with van der Waals surface area (Å²) in [5.74, 6) is 5.22. The molecule has 0 saturated carbocycles. The van der Waals surface area contributed by atoms with Gasteiger partial charge in [-0.15, -0.1) is 0 Å². The second-order valence-electron chi connectivity index (χ2n) is 3.44. The molecule has 1 amide bonds. The maximum absolute atomic E-state index is 11.2. The smallest absolute Gasteiger partial charge is 0.285 e. The Hall–Kier alpha value is -2.05. The van der Waals surface area contributed by atoms with E-state index >= 15 is 0 Å². The number of nitrogens with one attached hydrogen (secondary N) is 1. The highest BCUT2D eigenvalue weighted by atomic mass is 35.5. The number of rotatable bonds is 4. The molecule has 7 heteroatoms. The second kappa shape index (κ2) is 5.52. The third-order valence-corrected chi connectivity index (χ3v) is 2.43. The highest BCUT2D eigenvalue weighted by Gasteiger charge is 2.07.